The fraction of sp³-hybridized carbons (Fsp3) is 0.471. The predicted octanol–water partition coefficient (Wildman–Crippen LogP) is 1.70. The highest BCUT2D eigenvalue weighted by Gasteiger charge is 2.41. The third-order valence-electron chi connectivity index (χ3n) is 4.01. The molecule has 3 rings (SSSR count). The molecule has 3 amide bonds. The van der Waals surface area contributed by atoms with Crippen LogP contribution in [0.5, 0.6) is 0 Å². The third-order valence-corrected chi connectivity index (χ3v) is 4.01. The number of fused-ring (bicyclic) bond motifs is 2. The number of carbonyl (C=O) groups excluding carboxylic acids is 3. The number of carbonyl (C=O) groups is 3. The zero-order valence-electron chi connectivity index (χ0n) is 14.0. The van der Waals surface area contributed by atoms with E-state index in [4.69, 9.17) is 4.74 Å². The highest BCUT2D eigenvalue weighted by molar-refractivity contribution is 6.10. The van der Waals surface area contributed by atoms with Gasteiger partial charge in [-0.2, -0.15) is 0 Å². The molecule has 0 bridgehead atoms. The number of rotatable bonds is 0. The third kappa shape index (κ3) is 3.06. The maximum Gasteiger partial charge on any atom is 0.410 e. The van der Waals surface area contributed by atoms with Gasteiger partial charge in [-0.1, -0.05) is 12.1 Å². The highest BCUT2D eigenvalue weighted by Crippen LogP contribution is 2.25. The zero-order chi connectivity index (χ0) is 17.5. The summed E-state index contributed by atoms with van der Waals surface area (Å²) < 4.78 is 5.36. The van der Waals surface area contributed by atoms with E-state index in [1.807, 2.05) is 0 Å². The Bertz CT molecular complexity index is 695. The van der Waals surface area contributed by atoms with Crippen LogP contribution < -0.4 is 5.32 Å². The standard InChI is InChI=1S/C17H21N3O4/c1-17(2,3)24-16(23)19-8-9-20-13(10-19)14(21)18-12-7-5-4-6-11(12)15(20)22/h4-7,13H,8-10H2,1-3H3,(H,18,21)/t13-/m0/s1. The van der Waals surface area contributed by atoms with Crippen molar-refractivity contribution in [3.63, 3.8) is 0 Å². The molecule has 0 radical (unpaired) electrons. The fourth-order valence-corrected chi connectivity index (χ4v) is 2.89. The number of nitrogens with one attached hydrogen (secondary N) is 1. The number of hydrogen-bond donors (Lipinski definition) is 1. The predicted molar refractivity (Wildman–Crippen MR) is 87.7 cm³/mol. The minimum atomic E-state index is -0.717. The molecule has 24 heavy (non-hydrogen) atoms. The molecule has 0 spiro atoms. The summed E-state index contributed by atoms with van der Waals surface area (Å²) in [6.45, 7) is 6.14. The van der Waals surface area contributed by atoms with Crippen LogP contribution >= 0.6 is 0 Å². The van der Waals surface area contributed by atoms with Gasteiger partial charge in [0.25, 0.3) is 5.91 Å². The summed E-state index contributed by atoms with van der Waals surface area (Å²) in [7, 11) is 0. The normalized spacial score (nSPS) is 20.7. The van der Waals surface area contributed by atoms with Crippen molar-refractivity contribution >= 4 is 23.6 Å². The van der Waals surface area contributed by atoms with Gasteiger partial charge >= 0.3 is 6.09 Å². The first-order valence-electron chi connectivity index (χ1n) is 7.95. The fourth-order valence-electron chi connectivity index (χ4n) is 2.89. The molecule has 0 aliphatic carbocycles. The molecule has 0 saturated carbocycles. The van der Waals surface area contributed by atoms with Gasteiger partial charge in [-0.05, 0) is 32.9 Å². The summed E-state index contributed by atoms with van der Waals surface area (Å²) in [6.07, 6.45) is -0.468. The molecule has 2 aliphatic heterocycles. The number of anilines is 1. The van der Waals surface area contributed by atoms with Crippen LogP contribution in [0.25, 0.3) is 0 Å². The van der Waals surface area contributed by atoms with Gasteiger partial charge in [0.2, 0.25) is 5.91 Å². The van der Waals surface area contributed by atoms with Crippen LogP contribution in [0.1, 0.15) is 31.1 Å². The van der Waals surface area contributed by atoms with E-state index in [1.54, 1.807) is 45.0 Å². The molecule has 0 aromatic heterocycles. The number of piperazine rings is 1. The average Bonchev–Trinajstić information content (AvgIpc) is 2.62. The molecular formula is C17H21N3O4. The van der Waals surface area contributed by atoms with Gasteiger partial charge in [-0.3, -0.25) is 9.59 Å². The molecule has 1 N–H and O–H groups in total. The van der Waals surface area contributed by atoms with Crippen molar-refractivity contribution in [3.05, 3.63) is 29.8 Å². The molecule has 1 saturated heterocycles. The number of amides is 3. The Balaban J connectivity index is 1.82. The van der Waals surface area contributed by atoms with Crippen LogP contribution in [0.15, 0.2) is 24.3 Å². The second-order valence-electron chi connectivity index (χ2n) is 6.98. The number of nitrogens with zero attached hydrogens (tertiary/aromatic N) is 2. The number of hydrogen-bond acceptors (Lipinski definition) is 4. The molecule has 1 aromatic rings. The van der Waals surface area contributed by atoms with Gasteiger partial charge in [0.15, 0.2) is 0 Å². The van der Waals surface area contributed by atoms with Crippen molar-refractivity contribution in [1.82, 2.24) is 9.80 Å². The van der Waals surface area contributed by atoms with Crippen molar-refractivity contribution in [1.29, 1.82) is 0 Å². The van der Waals surface area contributed by atoms with Crippen LogP contribution in [0.2, 0.25) is 0 Å². The molecule has 1 fully saturated rings. The average molecular weight is 331 g/mol. The molecule has 2 heterocycles. The Morgan fingerprint density at radius 2 is 1.92 bits per heavy atom. The van der Waals surface area contributed by atoms with Crippen LogP contribution in [0, 0.1) is 0 Å². The molecule has 1 atom stereocenters. The minimum Gasteiger partial charge on any atom is -0.444 e. The molecule has 0 unspecified atom stereocenters. The summed E-state index contributed by atoms with van der Waals surface area (Å²) in [5, 5.41) is 2.78. The molecule has 1 aromatic carbocycles. The lowest BCUT2D eigenvalue weighted by Crippen LogP contribution is -2.60. The Morgan fingerprint density at radius 1 is 1.21 bits per heavy atom. The van der Waals surface area contributed by atoms with E-state index in [-0.39, 0.29) is 18.4 Å². The quantitative estimate of drug-likeness (QED) is 0.785. The van der Waals surface area contributed by atoms with E-state index in [2.05, 4.69) is 5.32 Å². The molecule has 128 valence electrons. The number of benzene rings is 1. The topological polar surface area (TPSA) is 79.0 Å². The highest BCUT2D eigenvalue weighted by atomic mass is 16.6. The SMILES string of the molecule is CC(C)(C)OC(=O)N1CCN2C(=O)c3ccccc3NC(=O)[C@@H]2C1. The Kier molecular flexibility index (Phi) is 3.95. The maximum atomic E-state index is 12.7. The van der Waals surface area contributed by atoms with Gasteiger partial charge in [0.05, 0.1) is 17.8 Å². The van der Waals surface area contributed by atoms with Crippen LogP contribution in [-0.2, 0) is 9.53 Å². The summed E-state index contributed by atoms with van der Waals surface area (Å²) >= 11 is 0. The van der Waals surface area contributed by atoms with Crippen molar-refractivity contribution in [2.24, 2.45) is 0 Å². The zero-order valence-corrected chi connectivity index (χ0v) is 14.0. The number of ether oxygens (including phenoxy) is 1. The van der Waals surface area contributed by atoms with Gasteiger partial charge < -0.3 is 19.9 Å². The van der Waals surface area contributed by atoms with Crippen molar-refractivity contribution in [3.8, 4) is 0 Å². The monoisotopic (exact) mass is 331 g/mol. The second kappa shape index (κ2) is 5.81. The van der Waals surface area contributed by atoms with E-state index in [9.17, 15) is 14.4 Å². The molecule has 2 aliphatic rings. The van der Waals surface area contributed by atoms with E-state index in [0.717, 1.165) is 0 Å². The van der Waals surface area contributed by atoms with Gasteiger partial charge in [-0.15, -0.1) is 0 Å². The van der Waals surface area contributed by atoms with Gasteiger partial charge in [0.1, 0.15) is 11.6 Å². The van der Waals surface area contributed by atoms with Crippen LogP contribution in [0.3, 0.4) is 0 Å². The Hall–Kier alpha value is -2.57. The lowest BCUT2D eigenvalue weighted by atomic mass is 10.1. The molecule has 7 heteroatoms. The van der Waals surface area contributed by atoms with E-state index in [0.29, 0.717) is 24.3 Å². The first-order valence-corrected chi connectivity index (χ1v) is 7.95. The maximum absolute atomic E-state index is 12.7. The Morgan fingerprint density at radius 3 is 2.62 bits per heavy atom. The molecular weight excluding hydrogens is 310 g/mol. The van der Waals surface area contributed by atoms with Crippen molar-refractivity contribution < 1.29 is 19.1 Å². The first kappa shape index (κ1) is 16.3. The number of para-hydroxylation sites is 1. The summed E-state index contributed by atoms with van der Waals surface area (Å²) in [4.78, 5) is 40.5. The van der Waals surface area contributed by atoms with Gasteiger partial charge in [-0.25, -0.2) is 4.79 Å². The van der Waals surface area contributed by atoms with Crippen LogP contribution in [0.4, 0.5) is 10.5 Å². The van der Waals surface area contributed by atoms with E-state index < -0.39 is 17.7 Å². The lowest BCUT2D eigenvalue weighted by Gasteiger charge is -2.39. The van der Waals surface area contributed by atoms with Crippen molar-refractivity contribution in [2.45, 2.75) is 32.4 Å². The van der Waals surface area contributed by atoms with Gasteiger partial charge in [0, 0.05) is 13.1 Å². The summed E-state index contributed by atoms with van der Waals surface area (Å²) in [5.41, 5.74) is 0.371. The van der Waals surface area contributed by atoms with E-state index >= 15 is 0 Å². The summed E-state index contributed by atoms with van der Waals surface area (Å²) in [5.74, 6) is -0.487. The van der Waals surface area contributed by atoms with Crippen molar-refractivity contribution in [2.75, 3.05) is 25.0 Å². The van der Waals surface area contributed by atoms with E-state index in [1.165, 1.54) is 9.80 Å². The van der Waals surface area contributed by atoms with Crippen LogP contribution in [-0.4, -0.2) is 59.0 Å². The lowest BCUT2D eigenvalue weighted by molar-refractivity contribution is -0.122. The Labute approximate surface area is 140 Å². The minimum absolute atomic E-state index is 0.125. The smallest absolute Gasteiger partial charge is 0.410 e. The largest absolute Gasteiger partial charge is 0.444 e. The first-order chi connectivity index (χ1) is 11.3. The molecule has 7 nitrogen and oxygen atoms in total. The summed E-state index contributed by atoms with van der Waals surface area (Å²) in [6, 6.07) is 6.21. The second-order valence-corrected chi connectivity index (χ2v) is 6.98.